The van der Waals surface area contributed by atoms with E-state index in [4.69, 9.17) is 11.6 Å². The third kappa shape index (κ3) is 4.10. The first-order valence-corrected chi connectivity index (χ1v) is 9.61. The second-order valence-corrected chi connectivity index (χ2v) is 7.71. The fourth-order valence-electron chi connectivity index (χ4n) is 2.58. The van der Waals surface area contributed by atoms with E-state index in [0.29, 0.717) is 6.42 Å². The van der Waals surface area contributed by atoms with Gasteiger partial charge < -0.3 is 4.57 Å². The van der Waals surface area contributed by atoms with Crippen molar-refractivity contribution in [2.45, 2.75) is 17.5 Å². The molecule has 0 spiro atoms. The topological polar surface area (TPSA) is 64.0 Å². The molecule has 0 amide bonds. The van der Waals surface area contributed by atoms with Crippen LogP contribution >= 0.6 is 11.6 Å². The second-order valence-electron chi connectivity index (χ2n) is 5.73. The van der Waals surface area contributed by atoms with Gasteiger partial charge in [-0.25, -0.2) is 18.1 Å². The van der Waals surface area contributed by atoms with Gasteiger partial charge in [0, 0.05) is 7.05 Å². The fraction of sp³-hybridized carbons (Fsp3) is 0.167. The van der Waals surface area contributed by atoms with E-state index in [0.717, 1.165) is 11.1 Å². The van der Waals surface area contributed by atoms with Crippen molar-refractivity contribution in [2.75, 3.05) is 0 Å². The summed E-state index contributed by atoms with van der Waals surface area (Å²) in [6.07, 6.45) is 1.90. The van der Waals surface area contributed by atoms with Crippen LogP contribution in [-0.2, 0) is 23.5 Å². The quantitative estimate of drug-likeness (QED) is 0.718. The molecule has 1 N–H and O–H groups in total. The van der Waals surface area contributed by atoms with E-state index in [1.165, 1.54) is 10.9 Å². The van der Waals surface area contributed by atoms with Gasteiger partial charge in [-0.1, -0.05) is 72.3 Å². The summed E-state index contributed by atoms with van der Waals surface area (Å²) in [6, 6.07) is 18.8. The molecule has 1 atom stereocenters. The van der Waals surface area contributed by atoms with Crippen molar-refractivity contribution in [1.29, 1.82) is 0 Å². The van der Waals surface area contributed by atoms with Crippen LogP contribution in [0.25, 0.3) is 0 Å². The Morgan fingerprint density at radius 2 is 1.68 bits per heavy atom. The Labute approximate surface area is 152 Å². The molecule has 7 heteroatoms. The van der Waals surface area contributed by atoms with Crippen LogP contribution in [-0.4, -0.2) is 18.0 Å². The number of nitrogens with one attached hydrogen (secondary N) is 1. The molecule has 0 saturated heterocycles. The zero-order chi connectivity index (χ0) is 17.9. The SMILES string of the molecule is Cn1cnc(S(=O)(=O)NC(Cc2ccccc2)c2ccccc2)c1Cl. The summed E-state index contributed by atoms with van der Waals surface area (Å²) in [4.78, 5) is 3.92. The van der Waals surface area contributed by atoms with Gasteiger partial charge in [-0.2, -0.15) is 0 Å². The molecular weight excluding hydrogens is 358 g/mol. The molecule has 5 nitrogen and oxygen atoms in total. The van der Waals surface area contributed by atoms with E-state index < -0.39 is 16.1 Å². The number of sulfonamides is 1. The Hall–Kier alpha value is -2.15. The van der Waals surface area contributed by atoms with E-state index in [1.54, 1.807) is 7.05 Å². The molecule has 1 heterocycles. The molecule has 0 aliphatic carbocycles. The Morgan fingerprint density at radius 1 is 1.08 bits per heavy atom. The van der Waals surface area contributed by atoms with E-state index in [2.05, 4.69) is 9.71 Å². The second kappa shape index (κ2) is 7.39. The van der Waals surface area contributed by atoms with Crippen LogP contribution in [0, 0.1) is 0 Å². The number of aryl methyl sites for hydroxylation is 1. The summed E-state index contributed by atoms with van der Waals surface area (Å²) in [6.45, 7) is 0. The minimum atomic E-state index is -3.85. The number of hydrogen-bond acceptors (Lipinski definition) is 3. The zero-order valence-corrected chi connectivity index (χ0v) is 15.2. The lowest BCUT2D eigenvalue weighted by Gasteiger charge is -2.19. The first-order chi connectivity index (χ1) is 12.0. The molecule has 1 unspecified atom stereocenters. The van der Waals surface area contributed by atoms with Gasteiger partial charge in [0.15, 0.2) is 0 Å². The first kappa shape index (κ1) is 17.7. The average Bonchev–Trinajstić information content (AvgIpc) is 2.96. The Kier molecular flexibility index (Phi) is 5.22. The maximum Gasteiger partial charge on any atom is 0.261 e. The summed E-state index contributed by atoms with van der Waals surface area (Å²) in [7, 11) is -2.21. The van der Waals surface area contributed by atoms with Crippen LogP contribution in [0.5, 0.6) is 0 Å². The van der Waals surface area contributed by atoms with Gasteiger partial charge >= 0.3 is 0 Å². The lowest BCUT2D eigenvalue weighted by atomic mass is 10.00. The lowest BCUT2D eigenvalue weighted by Crippen LogP contribution is -2.30. The molecule has 0 radical (unpaired) electrons. The van der Waals surface area contributed by atoms with Crippen LogP contribution in [0.1, 0.15) is 17.2 Å². The highest BCUT2D eigenvalue weighted by molar-refractivity contribution is 7.89. The summed E-state index contributed by atoms with van der Waals surface area (Å²) in [5, 5.41) is -0.0790. The molecule has 25 heavy (non-hydrogen) atoms. The van der Waals surface area contributed by atoms with Gasteiger partial charge in [0.1, 0.15) is 5.15 Å². The highest BCUT2D eigenvalue weighted by Gasteiger charge is 2.26. The smallest absolute Gasteiger partial charge is 0.261 e. The lowest BCUT2D eigenvalue weighted by molar-refractivity contribution is 0.552. The maximum atomic E-state index is 12.8. The van der Waals surface area contributed by atoms with E-state index in [1.807, 2.05) is 60.7 Å². The fourth-order valence-corrected chi connectivity index (χ4v) is 4.23. The predicted molar refractivity (Wildman–Crippen MR) is 97.9 cm³/mol. The third-order valence-electron chi connectivity index (χ3n) is 3.87. The van der Waals surface area contributed by atoms with Crippen molar-refractivity contribution in [2.24, 2.45) is 7.05 Å². The number of aromatic nitrogens is 2. The van der Waals surface area contributed by atoms with Crippen LogP contribution < -0.4 is 4.72 Å². The van der Waals surface area contributed by atoms with E-state index in [9.17, 15) is 8.42 Å². The Morgan fingerprint density at radius 3 is 2.24 bits per heavy atom. The highest BCUT2D eigenvalue weighted by atomic mass is 35.5. The van der Waals surface area contributed by atoms with Crippen molar-refractivity contribution in [3.05, 3.63) is 83.3 Å². The normalized spacial score (nSPS) is 12.9. The summed E-state index contributed by atoms with van der Waals surface area (Å²) in [5.74, 6) is 0. The number of nitrogens with zero attached hydrogens (tertiary/aromatic N) is 2. The maximum absolute atomic E-state index is 12.8. The average molecular weight is 376 g/mol. The number of imidazole rings is 1. The molecule has 1 aromatic heterocycles. The monoisotopic (exact) mass is 375 g/mol. The van der Waals surface area contributed by atoms with Crippen molar-refractivity contribution in [3.8, 4) is 0 Å². The van der Waals surface area contributed by atoms with Crippen molar-refractivity contribution < 1.29 is 8.42 Å². The predicted octanol–water partition coefficient (Wildman–Crippen LogP) is 3.34. The van der Waals surface area contributed by atoms with Gasteiger partial charge in [0.2, 0.25) is 5.03 Å². The number of rotatable bonds is 6. The minimum Gasteiger partial charge on any atom is -0.324 e. The van der Waals surface area contributed by atoms with Gasteiger partial charge in [-0.3, -0.25) is 0 Å². The molecule has 0 saturated carbocycles. The Bertz CT molecular complexity index is 941. The van der Waals surface area contributed by atoms with Crippen LogP contribution in [0.4, 0.5) is 0 Å². The van der Waals surface area contributed by atoms with Gasteiger partial charge in [-0.15, -0.1) is 0 Å². The Balaban J connectivity index is 1.93. The van der Waals surface area contributed by atoms with Crippen LogP contribution in [0.15, 0.2) is 72.0 Å². The van der Waals surface area contributed by atoms with Gasteiger partial charge in [0.25, 0.3) is 10.0 Å². The van der Waals surface area contributed by atoms with Gasteiger partial charge in [-0.05, 0) is 17.5 Å². The zero-order valence-electron chi connectivity index (χ0n) is 13.6. The number of hydrogen-bond donors (Lipinski definition) is 1. The number of halogens is 1. The minimum absolute atomic E-state index is 0.0824. The molecular formula is C18H18ClN3O2S. The van der Waals surface area contributed by atoms with Gasteiger partial charge in [0.05, 0.1) is 12.4 Å². The standard InChI is InChI=1S/C18H18ClN3O2S/c1-22-13-20-18(17(22)19)25(23,24)21-16(15-10-6-3-7-11-15)12-14-8-4-2-5-9-14/h2-11,13,16,21H,12H2,1H3. The van der Waals surface area contributed by atoms with Crippen molar-refractivity contribution in [3.63, 3.8) is 0 Å². The first-order valence-electron chi connectivity index (χ1n) is 7.75. The summed E-state index contributed by atoms with van der Waals surface area (Å²) < 4.78 is 29.7. The largest absolute Gasteiger partial charge is 0.324 e. The van der Waals surface area contributed by atoms with Crippen LogP contribution in [0.3, 0.4) is 0 Å². The molecule has 3 aromatic rings. The molecule has 0 fully saturated rings. The molecule has 2 aromatic carbocycles. The summed E-state index contributed by atoms with van der Waals surface area (Å²) in [5.41, 5.74) is 1.91. The molecule has 130 valence electrons. The molecule has 0 aliphatic heterocycles. The molecule has 3 rings (SSSR count). The molecule has 0 aliphatic rings. The van der Waals surface area contributed by atoms with Crippen molar-refractivity contribution in [1.82, 2.24) is 14.3 Å². The van der Waals surface area contributed by atoms with Crippen LogP contribution in [0.2, 0.25) is 5.15 Å². The van der Waals surface area contributed by atoms with E-state index in [-0.39, 0.29) is 10.2 Å². The molecule has 0 bridgehead atoms. The third-order valence-corrected chi connectivity index (χ3v) is 5.83. The highest BCUT2D eigenvalue weighted by Crippen LogP contribution is 2.24. The summed E-state index contributed by atoms with van der Waals surface area (Å²) >= 11 is 6.06. The number of benzene rings is 2. The van der Waals surface area contributed by atoms with E-state index >= 15 is 0 Å². The van der Waals surface area contributed by atoms with Crippen molar-refractivity contribution >= 4 is 21.6 Å².